The molecule has 0 unspecified atom stereocenters. The number of aromatic nitrogens is 2. The Bertz CT molecular complexity index is 275. The van der Waals surface area contributed by atoms with Gasteiger partial charge >= 0.3 is 0 Å². The Morgan fingerprint density at radius 1 is 1.50 bits per heavy atom. The molecule has 1 aromatic heterocycles. The van der Waals surface area contributed by atoms with Gasteiger partial charge in [0.15, 0.2) is 0 Å². The predicted molar refractivity (Wildman–Crippen MR) is 48.8 cm³/mol. The standard InChI is InChI=1S/C8H13ClN2O/c1-8(2,3)11-7(12-4)6(9)5-10-11/h5H,1-4H3. The molecule has 0 saturated carbocycles. The molecule has 0 amide bonds. The van der Waals surface area contributed by atoms with Crippen molar-refractivity contribution in [2.75, 3.05) is 7.11 Å². The highest BCUT2D eigenvalue weighted by molar-refractivity contribution is 6.31. The van der Waals surface area contributed by atoms with Gasteiger partial charge in [0.1, 0.15) is 5.02 Å². The minimum atomic E-state index is -0.0987. The van der Waals surface area contributed by atoms with Crippen molar-refractivity contribution in [1.29, 1.82) is 0 Å². The summed E-state index contributed by atoms with van der Waals surface area (Å²) in [5.41, 5.74) is -0.0987. The molecule has 4 heteroatoms. The molecule has 3 nitrogen and oxygen atoms in total. The van der Waals surface area contributed by atoms with Gasteiger partial charge in [-0.1, -0.05) is 11.6 Å². The zero-order chi connectivity index (χ0) is 9.35. The van der Waals surface area contributed by atoms with E-state index in [9.17, 15) is 0 Å². The van der Waals surface area contributed by atoms with Gasteiger partial charge in [-0.2, -0.15) is 5.10 Å². The molecule has 0 fully saturated rings. The van der Waals surface area contributed by atoms with Crippen LogP contribution in [0, 0.1) is 0 Å². The van der Waals surface area contributed by atoms with E-state index >= 15 is 0 Å². The van der Waals surface area contributed by atoms with Crippen molar-refractivity contribution >= 4 is 11.6 Å². The molecule has 0 bridgehead atoms. The fourth-order valence-corrected chi connectivity index (χ4v) is 1.18. The summed E-state index contributed by atoms with van der Waals surface area (Å²) in [5, 5.41) is 4.67. The SMILES string of the molecule is COc1c(Cl)cnn1C(C)(C)C. The van der Waals surface area contributed by atoms with Gasteiger partial charge in [0.25, 0.3) is 0 Å². The zero-order valence-electron chi connectivity index (χ0n) is 7.76. The summed E-state index contributed by atoms with van der Waals surface area (Å²) >= 11 is 5.84. The first kappa shape index (κ1) is 9.39. The lowest BCUT2D eigenvalue weighted by atomic mass is 10.1. The van der Waals surface area contributed by atoms with Crippen LogP contribution < -0.4 is 4.74 Å². The van der Waals surface area contributed by atoms with Crippen molar-refractivity contribution in [2.24, 2.45) is 0 Å². The molecule has 0 aliphatic rings. The first-order valence-electron chi connectivity index (χ1n) is 3.75. The lowest BCUT2D eigenvalue weighted by molar-refractivity contribution is 0.282. The van der Waals surface area contributed by atoms with Crippen LogP contribution in [0.15, 0.2) is 6.20 Å². The fourth-order valence-electron chi connectivity index (χ4n) is 0.979. The van der Waals surface area contributed by atoms with Gasteiger partial charge in [0, 0.05) is 0 Å². The van der Waals surface area contributed by atoms with E-state index in [4.69, 9.17) is 16.3 Å². The largest absolute Gasteiger partial charge is 0.480 e. The van der Waals surface area contributed by atoms with Gasteiger partial charge < -0.3 is 4.74 Å². The Kier molecular flexibility index (Phi) is 2.33. The first-order valence-corrected chi connectivity index (χ1v) is 4.12. The van der Waals surface area contributed by atoms with Crippen LogP contribution in [-0.2, 0) is 5.54 Å². The van der Waals surface area contributed by atoms with Crippen LogP contribution in [0.25, 0.3) is 0 Å². The zero-order valence-corrected chi connectivity index (χ0v) is 8.51. The van der Waals surface area contributed by atoms with E-state index in [1.165, 1.54) is 0 Å². The Labute approximate surface area is 77.3 Å². The molecular weight excluding hydrogens is 176 g/mol. The topological polar surface area (TPSA) is 27.1 Å². The van der Waals surface area contributed by atoms with Gasteiger partial charge in [-0.05, 0) is 20.8 Å². The van der Waals surface area contributed by atoms with Crippen molar-refractivity contribution in [1.82, 2.24) is 9.78 Å². The molecule has 0 aromatic carbocycles. The molecule has 1 heterocycles. The average molecular weight is 189 g/mol. The second kappa shape index (κ2) is 2.98. The second-order valence-electron chi connectivity index (χ2n) is 3.58. The van der Waals surface area contributed by atoms with Crippen LogP contribution in [0.1, 0.15) is 20.8 Å². The van der Waals surface area contributed by atoms with Crippen LogP contribution in [-0.4, -0.2) is 16.9 Å². The fraction of sp³-hybridized carbons (Fsp3) is 0.625. The van der Waals surface area contributed by atoms with Crippen molar-refractivity contribution < 1.29 is 4.74 Å². The summed E-state index contributed by atoms with van der Waals surface area (Å²) in [4.78, 5) is 0. The molecule has 0 aliphatic carbocycles. The smallest absolute Gasteiger partial charge is 0.231 e. The third kappa shape index (κ3) is 1.55. The Morgan fingerprint density at radius 3 is 2.42 bits per heavy atom. The number of methoxy groups -OCH3 is 1. The summed E-state index contributed by atoms with van der Waals surface area (Å²) in [6.45, 7) is 6.12. The van der Waals surface area contributed by atoms with E-state index in [0.717, 1.165) is 0 Å². The van der Waals surface area contributed by atoms with E-state index in [1.807, 2.05) is 20.8 Å². The number of ether oxygens (including phenoxy) is 1. The third-order valence-electron chi connectivity index (χ3n) is 1.51. The van der Waals surface area contributed by atoms with Crippen LogP contribution in [0.4, 0.5) is 0 Å². The third-order valence-corrected chi connectivity index (χ3v) is 1.77. The van der Waals surface area contributed by atoms with Gasteiger partial charge in [0.2, 0.25) is 5.88 Å². The van der Waals surface area contributed by atoms with Crippen LogP contribution in [0.2, 0.25) is 5.02 Å². The Hall–Kier alpha value is -0.700. The quantitative estimate of drug-likeness (QED) is 0.676. The Balaban J connectivity index is 3.16. The van der Waals surface area contributed by atoms with Crippen molar-refractivity contribution in [3.05, 3.63) is 11.2 Å². The number of nitrogens with zero attached hydrogens (tertiary/aromatic N) is 2. The van der Waals surface area contributed by atoms with Crippen LogP contribution in [0.3, 0.4) is 0 Å². The van der Waals surface area contributed by atoms with Crippen molar-refractivity contribution in [3.63, 3.8) is 0 Å². The summed E-state index contributed by atoms with van der Waals surface area (Å²) < 4.78 is 6.87. The number of hydrogen-bond donors (Lipinski definition) is 0. The van der Waals surface area contributed by atoms with E-state index < -0.39 is 0 Å². The maximum Gasteiger partial charge on any atom is 0.231 e. The highest BCUT2D eigenvalue weighted by atomic mass is 35.5. The van der Waals surface area contributed by atoms with Crippen molar-refractivity contribution in [3.8, 4) is 5.88 Å². The van der Waals surface area contributed by atoms with Gasteiger partial charge in [-0.3, -0.25) is 0 Å². The van der Waals surface area contributed by atoms with Gasteiger partial charge in [-0.15, -0.1) is 0 Å². The average Bonchev–Trinajstić information content (AvgIpc) is 2.29. The summed E-state index contributed by atoms with van der Waals surface area (Å²) in [5.74, 6) is 0.615. The molecule has 0 saturated heterocycles. The molecule has 0 atom stereocenters. The minimum absolute atomic E-state index is 0.0987. The molecule has 0 spiro atoms. The molecule has 0 N–H and O–H groups in total. The molecule has 0 aliphatic heterocycles. The molecule has 0 radical (unpaired) electrons. The van der Waals surface area contributed by atoms with Gasteiger partial charge in [-0.25, -0.2) is 4.68 Å². The molecule has 1 aromatic rings. The van der Waals surface area contributed by atoms with E-state index in [-0.39, 0.29) is 5.54 Å². The monoisotopic (exact) mass is 188 g/mol. The molecular formula is C8H13ClN2O. The Morgan fingerprint density at radius 2 is 2.08 bits per heavy atom. The maximum atomic E-state index is 5.84. The van der Waals surface area contributed by atoms with Crippen LogP contribution >= 0.6 is 11.6 Å². The van der Waals surface area contributed by atoms with Crippen LogP contribution in [0.5, 0.6) is 5.88 Å². The maximum absolute atomic E-state index is 5.84. The van der Waals surface area contributed by atoms with Crippen molar-refractivity contribution in [2.45, 2.75) is 26.3 Å². The van der Waals surface area contributed by atoms with E-state index in [0.29, 0.717) is 10.9 Å². The summed E-state index contributed by atoms with van der Waals surface area (Å²) in [6.07, 6.45) is 1.59. The minimum Gasteiger partial charge on any atom is -0.480 e. The van der Waals surface area contributed by atoms with E-state index in [1.54, 1.807) is 18.0 Å². The highest BCUT2D eigenvalue weighted by Gasteiger charge is 2.20. The lowest BCUT2D eigenvalue weighted by Gasteiger charge is -2.21. The number of hydrogen-bond acceptors (Lipinski definition) is 2. The lowest BCUT2D eigenvalue weighted by Crippen LogP contribution is -2.23. The number of rotatable bonds is 1. The molecule has 1 rings (SSSR count). The predicted octanol–water partition coefficient (Wildman–Crippen LogP) is 2.30. The van der Waals surface area contributed by atoms with E-state index in [2.05, 4.69) is 5.10 Å². The number of halogens is 1. The van der Waals surface area contributed by atoms with Gasteiger partial charge in [0.05, 0.1) is 18.8 Å². The second-order valence-corrected chi connectivity index (χ2v) is 3.99. The highest BCUT2D eigenvalue weighted by Crippen LogP contribution is 2.28. The summed E-state index contributed by atoms with van der Waals surface area (Å²) in [6, 6.07) is 0. The first-order chi connectivity index (χ1) is 5.46. The molecule has 12 heavy (non-hydrogen) atoms. The normalized spacial score (nSPS) is 11.8. The molecule has 68 valence electrons. The summed E-state index contributed by atoms with van der Waals surface area (Å²) in [7, 11) is 1.59.